The molecular weight excluding hydrogens is 388 g/mol. The van der Waals surface area contributed by atoms with Gasteiger partial charge in [0.1, 0.15) is 12.4 Å². The van der Waals surface area contributed by atoms with Gasteiger partial charge in [0.05, 0.1) is 5.92 Å². The molecule has 1 aliphatic heterocycles. The van der Waals surface area contributed by atoms with Crippen LogP contribution in [0.5, 0.6) is 5.75 Å². The van der Waals surface area contributed by atoms with Gasteiger partial charge >= 0.3 is 5.97 Å². The van der Waals surface area contributed by atoms with E-state index in [1.165, 1.54) is 0 Å². The molecule has 160 valence electrons. The molecular formula is C26H28N2O3. The Labute approximate surface area is 183 Å². The maximum Gasteiger partial charge on any atom is 0.307 e. The minimum Gasteiger partial charge on any atom is -0.489 e. The molecule has 5 heteroatoms. The zero-order chi connectivity index (χ0) is 21.5. The average molecular weight is 417 g/mol. The van der Waals surface area contributed by atoms with E-state index in [0.29, 0.717) is 19.6 Å². The molecule has 5 nitrogen and oxygen atoms in total. The van der Waals surface area contributed by atoms with Crippen molar-refractivity contribution in [1.29, 1.82) is 0 Å². The Morgan fingerprint density at radius 2 is 1.84 bits per heavy atom. The van der Waals surface area contributed by atoms with Crippen molar-refractivity contribution < 1.29 is 14.6 Å². The van der Waals surface area contributed by atoms with Crippen LogP contribution < -0.4 is 4.74 Å². The van der Waals surface area contributed by atoms with Crippen molar-refractivity contribution in [2.75, 3.05) is 13.1 Å². The number of carboxylic acid groups (broad SMARTS) is 1. The number of ether oxygens (including phenoxy) is 1. The van der Waals surface area contributed by atoms with Gasteiger partial charge in [-0.1, -0.05) is 54.6 Å². The smallest absolute Gasteiger partial charge is 0.307 e. The van der Waals surface area contributed by atoms with Gasteiger partial charge in [-0.05, 0) is 43.1 Å². The van der Waals surface area contributed by atoms with Crippen molar-refractivity contribution in [2.45, 2.75) is 31.9 Å². The lowest BCUT2D eigenvalue weighted by Crippen LogP contribution is -2.41. The van der Waals surface area contributed by atoms with Crippen LogP contribution in [0.25, 0.3) is 0 Å². The van der Waals surface area contributed by atoms with Crippen LogP contribution in [0.15, 0.2) is 79.0 Å². The third-order valence-electron chi connectivity index (χ3n) is 5.89. The van der Waals surface area contributed by atoms with Gasteiger partial charge in [0, 0.05) is 36.5 Å². The molecule has 31 heavy (non-hydrogen) atoms. The Bertz CT molecular complexity index is 978. The molecule has 1 N–H and O–H groups in total. The summed E-state index contributed by atoms with van der Waals surface area (Å²) in [5.74, 6) is -0.211. The molecule has 0 radical (unpaired) electrons. The lowest BCUT2D eigenvalue weighted by Gasteiger charge is -2.37. The fourth-order valence-corrected chi connectivity index (χ4v) is 4.27. The highest BCUT2D eigenvalue weighted by molar-refractivity contribution is 5.70. The van der Waals surface area contributed by atoms with E-state index in [0.717, 1.165) is 42.0 Å². The van der Waals surface area contributed by atoms with Crippen LogP contribution in [0.1, 0.15) is 35.7 Å². The van der Waals surface area contributed by atoms with Crippen molar-refractivity contribution in [2.24, 2.45) is 5.92 Å². The number of carbonyl (C=O) groups is 1. The number of benzene rings is 2. The number of aliphatic carboxylic acids is 1. The zero-order valence-corrected chi connectivity index (χ0v) is 17.6. The van der Waals surface area contributed by atoms with E-state index in [9.17, 15) is 9.90 Å². The van der Waals surface area contributed by atoms with Crippen molar-refractivity contribution >= 4 is 5.97 Å². The average Bonchev–Trinajstić information content (AvgIpc) is 2.83. The first-order valence-electron chi connectivity index (χ1n) is 10.8. The molecule has 0 aliphatic carbocycles. The molecule has 1 fully saturated rings. The minimum atomic E-state index is -0.713. The molecule has 0 saturated carbocycles. The highest BCUT2D eigenvalue weighted by atomic mass is 16.5. The van der Waals surface area contributed by atoms with Gasteiger partial charge in [-0.2, -0.15) is 0 Å². The molecule has 1 aromatic heterocycles. The number of nitrogens with zero attached hydrogens (tertiary/aromatic N) is 2. The van der Waals surface area contributed by atoms with E-state index in [-0.39, 0.29) is 12.0 Å². The predicted octanol–water partition coefficient (Wildman–Crippen LogP) is 4.74. The summed E-state index contributed by atoms with van der Waals surface area (Å²) >= 11 is 0. The van der Waals surface area contributed by atoms with Gasteiger partial charge in [-0.25, -0.2) is 0 Å². The van der Waals surface area contributed by atoms with E-state index < -0.39 is 5.97 Å². The van der Waals surface area contributed by atoms with E-state index >= 15 is 0 Å². The quantitative estimate of drug-likeness (QED) is 0.575. The Balaban J connectivity index is 1.62. The number of pyridine rings is 1. The standard InChI is InChI=1S/C26H28N2O3/c29-26(30)21-11-8-16-28(18-21)24(17-22-12-6-7-15-27-22)23-13-4-5-14-25(23)31-19-20-9-2-1-3-10-20/h1-7,9-10,12-15,21,24H,8,11,16-19H2,(H,29,30). The summed E-state index contributed by atoms with van der Waals surface area (Å²) in [5, 5.41) is 9.60. The van der Waals surface area contributed by atoms with Crippen molar-refractivity contribution in [3.05, 3.63) is 95.8 Å². The second kappa shape index (κ2) is 10.2. The summed E-state index contributed by atoms with van der Waals surface area (Å²) in [4.78, 5) is 18.5. The minimum absolute atomic E-state index is 0.00373. The second-order valence-electron chi connectivity index (χ2n) is 8.03. The van der Waals surface area contributed by atoms with E-state index in [2.05, 4.69) is 28.1 Å². The van der Waals surface area contributed by atoms with Crippen LogP contribution in [0.3, 0.4) is 0 Å². The summed E-state index contributed by atoms with van der Waals surface area (Å²) < 4.78 is 6.24. The van der Waals surface area contributed by atoms with Gasteiger partial charge in [-0.3, -0.25) is 14.7 Å². The first-order valence-corrected chi connectivity index (χ1v) is 10.8. The molecule has 2 aromatic carbocycles. The number of rotatable bonds is 8. The van der Waals surface area contributed by atoms with Crippen LogP contribution in [0.2, 0.25) is 0 Å². The number of carboxylic acids is 1. The van der Waals surface area contributed by atoms with Gasteiger partial charge in [0.25, 0.3) is 0 Å². The summed E-state index contributed by atoms with van der Waals surface area (Å²) in [5.41, 5.74) is 3.18. The molecule has 2 unspecified atom stereocenters. The number of hydrogen-bond donors (Lipinski definition) is 1. The lowest BCUT2D eigenvalue weighted by atomic mass is 9.92. The number of aromatic nitrogens is 1. The largest absolute Gasteiger partial charge is 0.489 e. The van der Waals surface area contributed by atoms with Crippen molar-refractivity contribution in [1.82, 2.24) is 9.88 Å². The highest BCUT2D eigenvalue weighted by Crippen LogP contribution is 2.35. The summed E-state index contributed by atoms with van der Waals surface area (Å²) in [6.45, 7) is 1.90. The van der Waals surface area contributed by atoms with Crippen LogP contribution in [-0.2, 0) is 17.8 Å². The molecule has 3 aromatic rings. The van der Waals surface area contributed by atoms with E-state index in [4.69, 9.17) is 4.74 Å². The summed E-state index contributed by atoms with van der Waals surface area (Å²) in [6, 6.07) is 24.2. The maximum atomic E-state index is 11.7. The van der Waals surface area contributed by atoms with Crippen molar-refractivity contribution in [3.63, 3.8) is 0 Å². The molecule has 0 bridgehead atoms. The monoisotopic (exact) mass is 416 g/mol. The van der Waals surface area contributed by atoms with Gasteiger partial charge in [-0.15, -0.1) is 0 Å². The second-order valence-corrected chi connectivity index (χ2v) is 8.03. The van der Waals surface area contributed by atoms with Gasteiger partial charge in [0.2, 0.25) is 0 Å². The van der Waals surface area contributed by atoms with Crippen LogP contribution in [0.4, 0.5) is 0 Å². The summed E-state index contributed by atoms with van der Waals surface area (Å²) in [7, 11) is 0. The molecule has 1 aliphatic rings. The van der Waals surface area contributed by atoms with Crippen LogP contribution >= 0.6 is 0 Å². The third-order valence-corrected chi connectivity index (χ3v) is 5.89. The van der Waals surface area contributed by atoms with Gasteiger partial charge < -0.3 is 9.84 Å². The predicted molar refractivity (Wildman–Crippen MR) is 120 cm³/mol. The fourth-order valence-electron chi connectivity index (χ4n) is 4.27. The Hall–Kier alpha value is -3.18. The molecule has 2 heterocycles. The first kappa shape index (κ1) is 21.1. The molecule has 2 atom stereocenters. The highest BCUT2D eigenvalue weighted by Gasteiger charge is 2.32. The third kappa shape index (κ3) is 5.50. The molecule has 4 rings (SSSR count). The Morgan fingerprint density at radius 3 is 2.61 bits per heavy atom. The normalized spacial score (nSPS) is 17.7. The first-order chi connectivity index (χ1) is 15.2. The maximum absolute atomic E-state index is 11.7. The summed E-state index contributed by atoms with van der Waals surface area (Å²) in [6.07, 6.45) is 4.12. The number of para-hydroxylation sites is 1. The molecule has 1 saturated heterocycles. The SMILES string of the molecule is O=C(O)C1CCCN(C(Cc2ccccn2)c2ccccc2OCc2ccccc2)C1. The van der Waals surface area contributed by atoms with Crippen molar-refractivity contribution in [3.8, 4) is 5.75 Å². The molecule has 0 amide bonds. The van der Waals surface area contributed by atoms with E-state index in [1.807, 2.05) is 54.6 Å². The Kier molecular flexibility index (Phi) is 6.95. The fraction of sp³-hybridized carbons (Fsp3) is 0.308. The van der Waals surface area contributed by atoms with Gasteiger partial charge in [0.15, 0.2) is 0 Å². The Morgan fingerprint density at radius 1 is 1.06 bits per heavy atom. The zero-order valence-electron chi connectivity index (χ0n) is 17.6. The van der Waals surface area contributed by atoms with Crippen LogP contribution in [0, 0.1) is 5.92 Å². The number of likely N-dealkylation sites (tertiary alicyclic amines) is 1. The van der Waals surface area contributed by atoms with Crippen LogP contribution in [-0.4, -0.2) is 34.0 Å². The number of piperidine rings is 1. The number of hydrogen-bond acceptors (Lipinski definition) is 4. The lowest BCUT2D eigenvalue weighted by molar-refractivity contribution is -0.144. The topological polar surface area (TPSA) is 62.7 Å². The molecule has 0 spiro atoms. The van der Waals surface area contributed by atoms with E-state index in [1.54, 1.807) is 6.20 Å².